The Morgan fingerprint density at radius 3 is 2.63 bits per heavy atom. The summed E-state index contributed by atoms with van der Waals surface area (Å²) in [6.07, 6.45) is -5.18. The van der Waals surface area contributed by atoms with E-state index in [1.54, 1.807) is 0 Å². The Kier molecular flexibility index (Phi) is 3.57. The van der Waals surface area contributed by atoms with Gasteiger partial charge in [-0.05, 0) is 24.1 Å². The Bertz CT molecular complexity index is 629. The van der Waals surface area contributed by atoms with Crippen molar-refractivity contribution in [2.45, 2.75) is 32.3 Å². The van der Waals surface area contributed by atoms with Gasteiger partial charge in [0.1, 0.15) is 18.4 Å². The lowest BCUT2D eigenvalue weighted by Crippen LogP contribution is -2.35. The first kappa shape index (κ1) is 7.62. The van der Waals surface area contributed by atoms with Crippen molar-refractivity contribution >= 4 is 0 Å². The number of hydrogen-bond acceptors (Lipinski definition) is 4. The van der Waals surface area contributed by atoms with E-state index in [2.05, 4.69) is 10.1 Å². The first-order valence-electron chi connectivity index (χ1n) is 9.77. The summed E-state index contributed by atoms with van der Waals surface area (Å²) in [4.78, 5) is 0. The number of aryl methyl sites for hydroxylation is 1. The first-order chi connectivity index (χ1) is 12.0. The molecule has 1 aromatic carbocycles. The number of benzene rings is 1. The third-order valence-electron chi connectivity index (χ3n) is 2.05. The molecule has 0 aromatic heterocycles. The van der Waals surface area contributed by atoms with Crippen LogP contribution in [0.5, 0.6) is 5.75 Å². The molecule has 4 nitrogen and oxygen atoms in total. The summed E-state index contributed by atoms with van der Waals surface area (Å²) < 4.78 is 71.7. The molecule has 4 heteroatoms. The molecule has 0 saturated heterocycles. The minimum absolute atomic E-state index is 0.0546. The predicted octanol–water partition coefficient (Wildman–Crippen LogP) is 1.61. The van der Waals surface area contributed by atoms with Gasteiger partial charge in [-0.1, -0.05) is 26.0 Å². The van der Waals surface area contributed by atoms with Crippen LogP contribution in [0.1, 0.15) is 30.4 Å². The fraction of sp³-hybridized carbons (Fsp3) is 0.600. The number of rotatable bonds is 9. The van der Waals surface area contributed by atoms with Crippen LogP contribution in [0.25, 0.3) is 0 Å². The van der Waals surface area contributed by atoms with Crippen molar-refractivity contribution < 1.29 is 25.5 Å². The zero-order chi connectivity index (χ0) is 21.3. The summed E-state index contributed by atoms with van der Waals surface area (Å²) in [5.41, 5.74) is -0.0546. The molecular weight excluding hydrogens is 242 g/mol. The molecule has 0 heterocycles. The van der Waals surface area contributed by atoms with Crippen LogP contribution in [-0.4, -0.2) is 44.0 Å². The zero-order valence-electron chi connectivity index (χ0n) is 19.3. The molecular formula is C15H25NO3. The fourth-order valence-electron chi connectivity index (χ4n) is 1.13. The average molecular weight is 275 g/mol. The highest BCUT2D eigenvalue weighted by Gasteiger charge is 2.05. The summed E-state index contributed by atoms with van der Waals surface area (Å²) >= 11 is 0. The van der Waals surface area contributed by atoms with Gasteiger partial charge in [-0.15, -0.1) is 0 Å². The summed E-state index contributed by atoms with van der Waals surface area (Å²) in [5, 5.41) is 12.6. The molecule has 0 amide bonds. The van der Waals surface area contributed by atoms with Gasteiger partial charge in [0.2, 0.25) is 0 Å². The maximum absolute atomic E-state index is 10.1. The van der Waals surface area contributed by atoms with Crippen molar-refractivity contribution in [3.8, 4) is 5.75 Å². The van der Waals surface area contributed by atoms with E-state index in [-0.39, 0.29) is 11.3 Å². The van der Waals surface area contributed by atoms with Gasteiger partial charge in [0.25, 0.3) is 0 Å². The van der Waals surface area contributed by atoms with Crippen LogP contribution in [0, 0.1) is 0 Å². The highest BCUT2D eigenvalue weighted by atomic mass is 16.5. The van der Waals surface area contributed by atoms with E-state index >= 15 is 0 Å². The SMILES string of the molecule is [2H]C(C)(C)NCC([2H])(O)C([2H])([2H])Oc1ccc(C([2H])([2H])C([2H])([2H])OC)cc1. The minimum Gasteiger partial charge on any atom is -0.491 e. The topological polar surface area (TPSA) is 50.7 Å². The molecule has 1 unspecified atom stereocenters. The van der Waals surface area contributed by atoms with E-state index in [9.17, 15) is 5.11 Å². The van der Waals surface area contributed by atoms with Gasteiger partial charge in [0, 0.05) is 23.8 Å². The molecule has 19 heavy (non-hydrogen) atoms. The first-order valence-corrected chi connectivity index (χ1v) is 5.77. The Labute approximate surface area is 127 Å². The van der Waals surface area contributed by atoms with Crippen LogP contribution < -0.4 is 10.1 Å². The molecule has 2 N–H and O–H groups in total. The molecule has 1 rings (SSSR count). The van der Waals surface area contributed by atoms with E-state index < -0.39 is 38.1 Å². The molecule has 0 saturated carbocycles. The second kappa shape index (κ2) is 8.91. The number of hydrogen-bond donors (Lipinski definition) is 2. The van der Waals surface area contributed by atoms with Gasteiger partial charge >= 0.3 is 0 Å². The maximum atomic E-state index is 10.1. The van der Waals surface area contributed by atoms with Crippen LogP contribution in [-0.2, 0) is 11.1 Å². The van der Waals surface area contributed by atoms with Crippen LogP contribution in [0.3, 0.4) is 0 Å². The van der Waals surface area contributed by atoms with E-state index in [0.29, 0.717) is 0 Å². The van der Waals surface area contributed by atoms with Gasteiger partial charge in [0.05, 0.1) is 13.4 Å². The average Bonchev–Trinajstić information content (AvgIpc) is 2.52. The molecule has 108 valence electrons. The van der Waals surface area contributed by atoms with Crippen molar-refractivity contribution in [1.29, 1.82) is 0 Å². The third kappa shape index (κ3) is 7.15. The summed E-state index contributed by atoms with van der Waals surface area (Å²) in [6, 6.07) is 3.63. The lowest BCUT2D eigenvalue weighted by molar-refractivity contribution is 0.104. The Morgan fingerprint density at radius 1 is 1.37 bits per heavy atom. The molecule has 1 aromatic rings. The second-order valence-electron chi connectivity index (χ2n) is 3.96. The normalized spacial score (nSPS) is 23.4. The smallest absolute Gasteiger partial charge is 0.119 e. The molecule has 0 fully saturated rings. The minimum atomic E-state index is -2.84. The molecule has 0 bridgehead atoms. The molecule has 0 radical (unpaired) electrons. The molecule has 0 spiro atoms. The Morgan fingerprint density at radius 2 is 2.05 bits per heavy atom. The van der Waals surface area contributed by atoms with E-state index in [4.69, 9.17) is 15.7 Å². The fourth-order valence-corrected chi connectivity index (χ4v) is 1.13. The largest absolute Gasteiger partial charge is 0.491 e. The molecule has 0 aliphatic carbocycles. The van der Waals surface area contributed by atoms with Gasteiger partial charge in [0.15, 0.2) is 0 Å². The zero-order valence-corrected chi connectivity index (χ0v) is 11.3. The Balaban J connectivity index is 2.96. The lowest BCUT2D eigenvalue weighted by Gasteiger charge is -2.15. The van der Waals surface area contributed by atoms with Gasteiger partial charge < -0.3 is 19.9 Å². The highest BCUT2D eigenvalue weighted by Crippen LogP contribution is 2.12. The third-order valence-corrected chi connectivity index (χ3v) is 2.05. The van der Waals surface area contributed by atoms with Crippen LogP contribution in [0.4, 0.5) is 0 Å². The summed E-state index contributed by atoms with van der Waals surface area (Å²) in [7, 11) is 1.05. The van der Waals surface area contributed by atoms with Gasteiger partial charge in [-0.3, -0.25) is 0 Å². The molecule has 0 aliphatic heterocycles. The van der Waals surface area contributed by atoms with Crippen molar-refractivity contribution in [2.24, 2.45) is 0 Å². The second-order valence-corrected chi connectivity index (χ2v) is 3.96. The molecule has 0 aliphatic rings. The number of ether oxygens (including phenoxy) is 2. The van der Waals surface area contributed by atoms with Crippen molar-refractivity contribution in [1.82, 2.24) is 5.32 Å². The summed E-state index contributed by atoms with van der Waals surface area (Å²) in [5.74, 6) is -0.0895. The number of aliphatic hydroxyl groups is 1. The number of methoxy groups -OCH3 is 1. The van der Waals surface area contributed by atoms with Crippen LogP contribution in [0.15, 0.2) is 24.3 Å². The predicted molar refractivity (Wildman–Crippen MR) is 76.7 cm³/mol. The summed E-state index contributed by atoms with van der Waals surface area (Å²) in [6.45, 7) is -3.03. The van der Waals surface area contributed by atoms with Gasteiger partial charge in [-0.25, -0.2) is 0 Å². The number of nitrogens with one attached hydrogen (secondary N) is 1. The van der Waals surface area contributed by atoms with E-state index in [1.165, 1.54) is 38.1 Å². The van der Waals surface area contributed by atoms with Crippen molar-refractivity contribution in [3.05, 3.63) is 29.8 Å². The monoisotopic (exact) mass is 275 g/mol. The van der Waals surface area contributed by atoms with E-state index in [0.717, 1.165) is 7.11 Å². The van der Waals surface area contributed by atoms with Crippen LogP contribution >= 0.6 is 0 Å². The van der Waals surface area contributed by atoms with Crippen LogP contribution in [0.2, 0.25) is 0 Å². The van der Waals surface area contributed by atoms with Crippen molar-refractivity contribution in [2.75, 3.05) is 26.8 Å². The quantitative estimate of drug-likeness (QED) is 0.719. The highest BCUT2D eigenvalue weighted by molar-refractivity contribution is 5.27. The Hall–Kier alpha value is -1.10. The van der Waals surface area contributed by atoms with Crippen molar-refractivity contribution in [3.63, 3.8) is 0 Å². The maximum Gasteiger partial charge on any atom is 0.119 e. The lowest BCUT2D eigenvalue weighted by atomic mass is 10.1. The van der Waals surface area contributed by atoms with Gasteiger partial charge in [-0.2, -0.15) is 0 Å². The van der Waals surface area contributed by atoms with E-state index in [1.807, 2.05) is 0 Å². The molecule has 1 atom stereocenters. The standard InChI is InChI=1S/C15H25NO3/c1-12(2)16-10-14(17)11-19-15-6-4-13(5-7-15)8-9-18-3/h4-7,12,14,16-17H,8-11H2,1-3H3/i8D2,9D2,11D2,12D,14D.